The van der Waals surface area contributed by atoms with Gasteiger partial charge in [0.2, 0.25) is 0 Å². The first-order valence-corrected chi connectivity index (χ1v) is 9.23. The summed E-state index contributed by atoms with van der Waals surface area (Å²) in [6.07, 6.45) is 3.35. The van der Waals surface area contributed by atoms with Gasteiger partial charge >= 0.3 is 12.0 Å². The molecule has 3 amide bonds. The second-order valence-electron chi connectivity index (χ2n) is 7.67. The molecule has 1 aromatic heterocycles. The van der Waals surface area contributed by atoms with Gasteiger partial charge in [0.05, 0.1) is 24.7 Å². The van der Waals surface area contributed by atoms with Crippen molar-refractivity contribution < 1.29 is 19.1 Å². The summed E-state index contributed by atoms with van der Waals surface area (Å²) in [6, 6.07) is 2.97. The van der Waals surface area contributed by atoms with Gasteiger partial charge in [0.25, 0.3) is 5.91 Å². The van der Waals surface area contributed by atoms with Crippen molar-refractivity contribution >= 4 is 17.6 Å². The van der Waals surface area contributed by atoms with Crippen molar-refractivity contribution in [1.82, 2.24) is 15.3 Å². The molecule has 1 atom stereocenters. The number of nitrogens with one attached hydrogen (secondary N) is 1. The summed E-state index contributed by atoms with van der Waals surface area (Å²) in [5, 5.41) is 2.64. The van der Waals surface area contributed by atoms with Gasteiger partial charge in [-0.1, -0.05) is 26.8 Å². The van der Waals surface area contributed by atoms with E-state index in [1.807, 2.05) is 26.0 Å². The lowest BCUT2D eigenvalue weighted by molar-refractivity contribution is -0.118. The second kappa shape index (κ2) is 6.47. The van der Waals surface area contributed by atoms with Gasteiger partial charge in [0, 0.05) is 11.0 Å². The number of amides is 3. The van der Waals surface area contributed by atoms with Crippen LogP contribution in [0, 0.1) is 6.92 Å². The molecule has 2 aromatic rings. The number of benzene rings is 1. The maximum Gasteiger partial charge on any atom is 0.329 e. The number of rotatable bonds is 4. The van der Waals surface area contributed by atoms with Gasteiger partial charge in [-0.25, -0.2) is 19.7 Å². The van der Waals surface area contributed by atoms with E-state index in [0.717, 1.165) is 21.8 Å². The predicted molar refractivity (Wildman–Crippen MR) is 102 cm³/mol. The van der Waals surface area contributed by atoms with E-state index in [0.29, 0.717) is 24.5 Å². The van der Waals surface area contributed by atoms with E-state index in [9.17, 15) is 9.59 Å². The van der Waals surface area contributed by atoms with Gasteiger partial charge in [-0.2, -0.15) is 0 Å². The molecule has 8 nitrogen and oxygen atoms in total. The van der Waals surface area contributed by atoms with E-state index in [-0.39, 0.29) is 17.3 Å². The molecule has 0 saturated carbocycles. The lowest BCUT2D eigenvalue weighted by atomic mass is 9.85. The number of urea groups is 1. The highest BCUT2D eigenvalue weighted by Crippen LogP contribution is 2.46. The summed E-state index contributed by atoms with van der Waals surface area (Å²) in [5.74, 6) is 1.17. The fraction of sp³-hybridized carbons (Fsp3) is 0.400. The van der Waals surface area contributed by atoms with Crippen LogP contribution >= 0.6 is 0 Å². The summed E-state index contributed by atoms with van der Waals surface area (Å²) < 4.78 is 11.8. The summed E-state index contributed by atoms with van der Waals surface area (Å²) in [7, 11) is 0. The van der Waals surface area contributed by atoms with Crippen LogP contribution in [0.5, 0.6) is 17.5 Å². The zero-order chi connectivity index (χ0) is 20.1. The number of fused-ring (bicyclic) bond motifs is 1. The minimum atomic E-state index is -0.513. The van der Waals surface area contributed by atoms with Crippen molar-refractivity contribution in [1.29, 1.82) is 0 Å². The standard InChI is InChI=1S/C20H22N4O4/c1-5-13-17(25)24(19(26)23-13)12-8-21-18(22-9-12)28-14-7-6-11(2)16-15(14)20(3,4)10-27-16/h6-9,13H,5,10H2,1-4H3,(H,23,26). The van der Waals surface area contributed by atoms with Crippen LogP contribution in [0.4, 0.5) is 10.5 Å². The summed E-state index contributed by atoms with van der Waals surface area (Å²) in [5.41, 5.74) is 2.16. The number of carbonyl (C=O) groups excluding carboxylic acids is 2. The molecule has 4 rings (SSSR count). The van der Waals surface area contributed by atoms with Crippen molar-refractivity contribution in [3.63, 3.8) is 0 Å². The Balaban J connectivity index is 1.60. The Bertz CT molecular complexity index is 955. The Morgan fingerprint density at radius 3 is 2.64 bits per heavy atom. The van der Waals surface area contributed by atoms with Crippen LogP contribution in [0.3, 0.4) is 0 Å². The Kier molecular flexibility index (Phi) is 4.21. The van der Waals surface area contributed by atoms with E-state index in [1.54, 1.807) is 0 Å². The lowest BCUT2D eigenvalue weighted by Gasteiger charge is -2.19. The Labute approximate surface area is 162 Å². The van der Waals surface area contributed by atoms with Crippen LogP contribution in [-0.2, 0) is 10.2 Å². The van der Waals surface area contributed by atoms with Crippen molar-refractivity contribution in [2.24, 2.45) is 0 Å². The maximum absolute atomic E-state index is 12.3. The first-order chi connectivity index (χ1) is 13.3. The number of imide groups is 1. The van der Waals surface area contributed by atoms with Crippen LogP contribution in [0.2, 0.25) is 0 Å². The SMILES string of the molecule is CCC1NC(=O)N(c2cnc(Oc3ccc(C)c4c3C(C)(C)CO4)nc2)C1=O. The highest BCUT2D eigenvalue weighted by Gasteiger charge is 2.39. The molecule has 1 fully saturated rings. The molecule has 0 bridgehead atoms. The normalized spacial score (nSPS) is 20.0. The van der Waals surface area contributed by atoms with Gasteiger partial charge in [-0.05, 0) is 25.0 Å². The van der Waals surface area contributed by atoms with E-state index in [4.69, 9.17) is 9.47 Å². The largest absolute Gasteiger partial charge is 0.492 e. The minimum absolute atomic E-state index is 0.136. The van der Waals surface area contributed by atoms with Crippen molar-refractivity contribution in [3.8, 4) is 17.5 Å². The molecule has 1 aromatic carbocycles. The number of nitrogens with zero attached hydrogens (tertiary/aromatic N) is 3. The molecule has 8 heteroatoms. The zero-order valence-electron chi connectivity index (χ0n) is 16.3. The number of aromatic nitrogens is 2. The summed E-state index contributed by atoms with van der Waals surface area (Å²) in [4.78, 5) is 33.8. The fourth-order valence-corrected chi connectivity index (χ4v) is 3.53. The minimum Gasteiger partial charge on any atom is -0.492 e. The van der Waals surface area contributed by atoms with Crippen molar-refractivity contribution in [2.75, 3.05) is 11.5 Å². The molecule has 2 aliphatic heterocycles. The van der Waals surface area contributed by atoms with Gasteiger partial charge in [0.1, 0.15) is 17.5 Å². The van der Waals surface area contributed by atoms with E-state index in [1.165, 1.54) is 12.4 Å². The number of aryl methyl sites for hydroxylation is 1. The van der Waals surface area contributed by atoms with E-state index < -0.39 is 12.1 Å². The molecule has 0 aliphatic carbocycles. The molecular weight excluding hydrogens is 360 g/mol. The van der Waals surface area contributed by atoms with Crippen LogP contribution in [0.1, 0.15) is 38.3 Å². The molecule has 146 valence electrons. The molecule has 1 saturated heterocycles. The van der Waals surface area contributed by atoms with E-state index >= 15 is 0 Å². The molecule has 0 radical (unpaired) electrons. The highest BCUT2D eigenvalue weighted by molar-refractivity contribution is 6.21. The first kappa shape index (κ1) is 18.2. The molecular formula is C20H22N4O4. The van der Waals surface area contributed by atoms with Gasteiger partial charge in [-0.3, -0.25) is 4.79 Å². The maximum atomic E-state index is 12.3. The van der Waals surface area contributed by atoms with Gasteiger partial charge < -0.3 is 14.8 Å². The van der Waals surface area contributed by atoms with Crippen LogP contribution in [-0.4, -0.2) is 34.6 Å². The van der Waals surface area contributed by atoms with Crippen molar-refractivity contribution in [3.05, 3.63) is 35.7 Å². The molecule has 3 heterocycles. The lowest BCUT2D eigenvalue weighted by Crippen LogP contribution is -2.31. The smallest absolute Gasteiger partial charge is 0.329 e. The molecule has 1 unspecified atom stereocenters. The van der Waals surface area contributed by atoms with Gasteiger partial charge in [-0.15, -0.1) is 0 Å². The highest BCUT2D eigenvalue weighted by atomic mass is 16.5. The number of carbonyl (C=O) groups is 2. The van der Waals surface area contributed by atoms with Crippen LogP contribution < -0.4 is 19.7 Å². The third-order valence-electron chi connectivity index (χ3n) is 5.07. The quantitative estimate of drug-likeness (QED) is 0.817. The zero-order valence-corrected chi connectivity index (χ0v) is 16.3. The Morgan fingerprint density at radius 2 is 2.00 bits per heavy atom. The predicted octanol–water partition coefficient (Wildman–Crippen LogP) is 3.08. The van der Waals surface area contributed by atoms with Crippen molar-refractivity contribution in [2.45, 2.75) is 45.6 Å². The van der Waals surface area contributed by atoms with Crippen LogP contribution in [0.25, 0.3) is 0 Å². The molecule has 28 heavy (non-hydrogen) atoms. The molecule has 1 N–H and O–H groups in total. The number of hydrogen-bond acceptors (Lipinski definition) is 6. The molecule has 0 spiro atoms. The Morgan fingerprint density at radius 1 is 1.29 bits per heavy atom. The summed E-state index contributed by atoms with van der Waals surface area (Å²) >= 11 is 0. The third kappa shape index (κ3) is 2.85. The second-order valence-corrected chi connectivity index (χ2v) is 7.67. The summed E-state index contributed by atoms with van der Waals surface area (Å²) in [6.45, 7) is 8.60. The van der Waals surface area contributed by atoms with Crippen LogP contribution in [0.15, 0.2) is 24.5 Å². The average molecular weight is 382 g/mol. The number of anilines is 1. The Hall–Kier alpha value is -3.16. The number of hydrogen-bond donors (Lipinski definition) is 1. The van der Waals surface area contributed by atoms with E-state index in [2.05, 4.69) is 29.1 Å². The first-order valence-electron chi connectivity index (χ1n) is 9.23. The third-order valence-corrected chi connectivity index (χ3v) is 5.07. The van der Waals surface area contributed by atoms with Gasteiger partial charge in [0.15, 0.2) is 0 Å². The monoisotopic (exact) mass is 382 g/mol. The fourth-order valence-electron chi connectivity index (χ4n) is 3.53. The average Bonchev–Trinajstić information content (AvgIpc) is 3.14. The topological polar surface area (TPSA) is 93.7 Å². The number of ether oxygens (including phenoxy) is 2. The molecule has 2 aliphatic rings.